The number of rotatable bonds is 4. The smallest absolute Gasteiger partial charge is 0.261 e. The average Bonchev–Trinajstić information content (AvgIpc) is 3.21. The quantitative estimate of drug-likeness (QED) is 0.401. The van der Waals surface area contributed by atoms with Crippen LogP contribution < -0.4 is 15.6 Å². The number of carbonyl (C=O) groups is 1. The molecule has 1 aliphatic rings. The number of thiophene rings is 1. The highest BCUT2D eigenvalue weighted by Crippen LogP contribution is 2.39. The number of hydrogen-bond donors (Lipinski definition) is 1. The monoisotopic (exact) mass is 473 g/mol. The number of nitriles is 1. The summed E-state index contributed by atoms with van der Waals surface area (Å²) in [5, 5.41) is 13.5. The van der Waals surface area contributed by atoms with Crippen LogP contribution in [0.3, 0.4) is 0 Å². The Balaban J connectivity index is 1.69. The number of fused-ring (bicyclic) bond motifs is 2. The van der Waals surface area contributed by atoms with E-state index >= 15 is 0 Å². The van der Waals surface area contributed by atoms with Gasteiger partial charge in [0.15, 0.2) is 0 Å². The van der Waals surface area contributed by atoms with Crippen LogP contribution in [0.15, 0.2) is 57.9 Å². The Hall–Kier alpha value is -3.96. The highest BCUT2D eigenvalue weighted by atomic mass is 32.1. The number of nitrogens with one attached hydrogen (secondary N) is 1. The van der Waals surface area contributed by atoms with Gasteiger partial charge in [-0.25, -0.2) is 9.38 Å². The SMILES string of the molecule is COc1ccc2oc(=Nc3sc4c(c3C#N)CCCC4)c(C(=O)Nc3ccccc3F)cc2c1. The van der Waals surface area contributed by atoms with Gasteiger partial charge < -0.3 is 14.5 Å². The summed E-state index contributed by atoms with van der Waals surface area (Å²) >= 11 is 1.46. The largest absolute Gasteiger partial charge is 0.497 e. The van der Waals surface area contributed by atoms with Crippen molar-refractivity contribution in [2.45, 2.75) is 25.7 Å². The molecular weight excluding hydrogens is 453 g/mol. The first kappa shape index (κ1) is 21.9. The number of benzene rings is 2. The van der Waals surface area contributed by atoms with Crippen LogP contribution in [0.4, 0.5) is 15.1 Å². The van der Waals surface area contributed by atoms with Crippen molar-refractivity contribution in [1.82, 2.24) is 0 Å². The molecular formula is C26H20FN3O3S. The van der Waals surface area contributed by atoms with Crippen molar-refractivity contribution in [3.63, 3.8) is 0 Å². The van der Waals surface area contributed by atoms with Gasteiger partial charge >= 0.3 is 0 Å². The molecule has 1 amide bonds. The molecule has 0 aliphatic heterocycles. The van der Waals surface area contributed by atoms with E-state index in [1.807, 2.05) is 0 Å². The molecule has 34 heavy (non-hydrogen) atoms. The number of para-hydroxylation sites is 1. The highest BCUT2D eigenvalue weighted by Gasteiger charge is 2.22. The van der Waals surface area contributed by atoms with Crippen molar-refractivity contribution in [2.75, 3.05) is 12.4 Å². The molecule has 170 valence electrons. The molecule has 0 saturated carbocycles. The second-order valence-corrected chi connectivity index (χ2v) is 9.00. The summed E-state index contributed by atoms with van der Waals surface area (Å²) in [5.74, 6) is -0.519. The van der Waals surface area contributed by atoms with Crippen LogP contribution >= 0.6 is 11.3 Å². The molecule has 0 bridgehead atoms. The number of methoxy groups -OCH3 is 1. The van der Waals surface area contributed by atoms with Gasteiger partial charge in [-0.2, -0.15) is 5.26 Å². The van der Waals surface area contributed by atoms with E-state index in [0.29, 0.717) is 27.3 Å². The Morgan fingerprint density at radius 1 is 1.21 bits per heavy atom. The number of hydrogen-bond acceptors (Lipinski definition) is 6. The lowest BCUT2D eigenvalue weighted by Crippen LogP contribution is -2.22. The van der Waals surface area contributed by atoms with Gasteiger partial charge in [0.05, 0.1) is 18.4 Å². The predicted octanol–water partition coefficient (Wildman–Crippen LogP) is 5.88. The fraction of sp³-hybridized carbons (Fsp3) is 0.192. The van der Waals surface area contributed by atoms with Gasteiger partial charge in [0.1, 0.15) is 33.8 Å². The van der Waals surface area contributed by atoms with Gasteiger partial charge in [0.2, 0.25) is 5.55 Å². The lowest BCUT2D eigenvalue weighted by atomic mass is 9.96. The zero-order chi connectivity index (χ0) is 23.7. The van der Waals surface area contributed by atoms with Crippen molar-refractivity contribution in [3.8, 4) is 11.8 Å². The Kier molecular flexibility index (Phi) is 5.86. The first-order valence-electron chi connectivity index (χ1n) is 10.8. The summed E-state index contributed by atoms with van der Waals surface area (Å²) in [6, 6.07) is 15.1. The molecule has 1 N–H and O–H groups in total. The Morgan fingerprint density at radius 3 is 2.82 bits per heavy atom. The van der Waals surface area contributed by atoms with Gasteiger partial charge in [-0.05, 0) is 67.6 Å². The molecule has 0 radical (unpaired) electrons. The number of anilines is 1. The zero-order valence-corrected chi connectivity index (χ0v) is 19.2. The van der Waals surface area contributed by atoms with E-state index < -0.39 is 11.7 Å². The van der Waals surface area contributed by atoms with Crippen LogP contribution in [-0.4, -0.2) is 13.0 Å². The zero-order valence-electron chi connectivity index (χ0n) is 18.4. The Labute approximate surface area is 198 Å². The van der Waals surface area contributed by atoms with Crippen molar-refractivity contribution in [1.29, 1.82) is 5.26 Å². The topological polar surface area (TPSA) is 87.6 Å². The van der Waals surface area contributed by atoms with E-state index in [2.05, 4.69) is 16.4 Å². The fourth-order valence-electron chi connectivity index (χ4n) is 4.07. The van der Waals surface area contributed by atoms with Crippen LogP contribution in [0.25, 0.3) is 11.0 Å². The van der Waals surface area contributed by atoms with Gasteiger partial charge in [-0.15, -0.1) is 11.3 Å². The maximum Gasteiger partial charge on any atom is 0.261 e. The summed E-state index contributed by atoms with van der Waals surface area (Å²) in [6.07, 6.45) is 3.88. The molecule has 0 fully saturated rings. The minimum Gasteiger partial charge on any atom is -0.497 e. The van der Waals surface area contributed by atoms with Crippen LogP contribution in [0.5, 0.6) is 5.75 Å². The van der Waals surface area contributed by atoms with Crippen LogP contribution in [0, 0.1) is 17.1 Å². The number of halogens is 1. The summed E-state index contributed by atoms with van der Waals surface area (Å²) in [4.78, 5) is 19.0. The predicted molar refractivity (Wildman–Crippen MR) is 128 cm³/mol. The molecule has 4 aromatic rings. The molecule has 0 atom stereocenters. The molecule has 0 unspecified atom stereocenters. The molecule has 8 heteroatoms. The third-order valence-corrected chi connectivity index (χ3v) is 6.97. The number of aryl methyl sites for hydroxylation is 1. The Bertz CT molecular complexity index is 1530. The second kappa shape index (κ2) is 9.12. The number of nitrogens with zero attached hydrogens (tertiary/aromatic N) is 2. The van der Waals surface area contributed by atoms with Gasteiger partial charge in [-0.3, -0.25) is 4.79 Å². The minimum atomic E-state index is -0.572. The highest BCUT2D eigenvalue weighted by molar-refractivity contribution is 7.16. The molecule has 1 aliphatic carbocycles. The standard InChI is InChI=1S/C26H20FN3O3S/c1-32-16-10-11-22-15(12-16)13-18(24(31)29-21-8-4-3-7-20(21)27)25(33-22)30-26-19(14-28)17-6-2-5-9-23(17)34-26/h3-4,7-8,10-13H,2,5-6,9H2,1H3,(H,29,31). The summed E-state index contributed by atoms with van der Waals surface area (Å²) in [6.45, 7) is 0. The van der Waals surface area contributed by atoms with Crippen molar-refractivity contribution < 1.29 is 18.3 Å². The van der Waals surface area contributed by atoms with Crippen molar-refractivity contribution >= 4 is 38.9 Å². The molecule has 0 saturated heterocycles. The number of carbonyl (C=O) groups excluding carboxylic acids is 1. The molecule has 5 rings (SSSR count). The number of ether oxygens (including phenoxy) is 1. The maximum absolute atomic E-state index is 14.2. The van der Waals surface area contributed by atoms with E-state index in [1.54, 1.807) is 43.5 Å². The van der Waals surface area contributed by atoms with E-state index in [-0.39, 0.29) is 16.8 Å². The molecule has 2 aromatic carbocycles. The van der Waals surface area contributed by atoms with Crippen LogP contribution in [-0.2, 0) is 12.8 Å². The first-order valence-corrected chi connectivity index (χ1v) is 11.7. The number of amides is 1. The lowest BCUT2D eigenvalue weighted by Gasteiger charge is -2.09. The van der Waals surface area contributed by atoms with E-state index in [4.69, 9.17) is 9.15 Å². The van der Waals surface area contributed by atoms with Gasteiger partial charge in [0, 0.05) is 10.3 Å². The maximum atomic E-state index is 14.2. The first-order chi connectivity index (χ1) is 16.6. The molecule has 2 aromatic heterocycles. The average molecular weight is 474 g/mol. The van der Waals surface area contributed by atoms with Gasteiger partial charge in [0.25, 0.3) is 5.91 Å². The van der Waals surface area contributed by atoms with Crippen molar-refractivity contribution in [3.05, 3.63) is 81.5 Å². The minimum absolute atomic E-state index is 0.0495. The van der Waals surface area contributed by atoms with E-state index in [1.165, 1.54) is 23.5 Å². The Morgan fingerprint density at radius 2 is 2.03 bits per heavy atom. The summed E-state index contributed by atoms with van der Waals surface area (Å²) in [7, 11) is 1.55. The van der Waals surface area contributed by atoms with Crippen LogP contribution in [0.1, 0.15) is 39.2 Å². The second-order valence-electron chi connectivity index (χ2n) is 7.92. The summed E-state index contributed by atoms with van der Waals surface area (Å²) in [5.41, 5.74) is 2.31. The molecule has 6 nitrogen and oxygen atoms in total. The van der Waals surface area contributed by atoms with E-state index in [0.717, 1.165) is 36.1 Å². The lowest BCUT2D eigenvalue weighted by molar-refractivity contribution is 0.102. The molecule has 2 heterocycles. The van der Waals surface area contributed by atoms with Crippen molar-refractivity contribution in [2.24, 2.45) is 4.99 Å². The van der Waals surface area contributed by atoms with Crippen LogP contribution in [0.2, 0.25) is 0 Å². The third kappa shape index (κ3) is 4.06. The molecule has 0 spiro atoms. The third-order valence-electron chi connectivity index (χ3n) is 5.79. The van der Waals surface area contributed by atoms with E-state index in [9.17, 15) is 14.4 Å². The normalized spacial score (nSPS) is 13.4. The fourth-order valence-corrected chi connectivity index (χ4v) is 5.28. The summed E-state index contributed by atoms with van der Waals surface area (Å²) < 4.78 is 25.5. The van der Waals surface area contributed by atoms with Gasteiger partial charge in [-0.1, -0.05) is 12.1 Å².